The summed E-state index contributed by atoms with van der Waals surface area (Å²) in [4.78, 5) is 55.8. The maximum atomic E-state index is 12.4. The maximum Gasteiger partial charge on any atom is 0.334 e. The molecule has 26 heavy (non-hydrogen) atoms. The molecule has 0 radical (unpaired) electrons. The molecule has 1 aromatic carbocycles. The van der Waals surface area contributed by atoms with Crippen LogP contribution < -0.4 is 0 Å². The van der Waals surface area contributed by atoms with E-state index in [1.807, 2.05) is 24.3 Å². The SMILES string of the molecule is CCCN1C(=O)C(=O)N(CC(=O)N(C)Cc2nc3ccccc3s2)C1=O. The molecule has 0 atom stereocenters. The summed E-state index contributed by atoms with van der Waals surface area (Å²) in [5.74, 6) is -2.26. The van der Waals surface area contributed by atoms with Crippen LogP contribution in [0.3, 0.4) is 0 Å². The monoisotopic (exact) mass is 374 g/mol. The van der Waals surface area contributed by atoms with Crippen molar-refractivity contribution in [2.45, 2.75) is 19.9 Å². The van der Waals surface area contributed by atoms with E-state index in [1.54, 1.807) is 14.0 Å². The number of hydrogen-bond donors (Lipinski definition) is 0. The van der Waals surface area contributed by atoms with Crippen molar-refractivity contribution < 1.29 is 19.2 Å². The molecule has 8 nitrogen and oxygen atoms in total. The van der Waals surface area contributed by atoms with Crippen LogP contribution in [-0.2, 0) is 20.9 Å². The number of urea groups is 1. The van der Waals surface area contributed by atoms with E-state index in [2.05, 4.69) is 4.98 Å². The topological polar surface area (TPSA) is 90.9 Å². The molecule has 0 aliphatic carbocycles. The molecule has 0 N–H and O–H groups in total. The lowest BCUT2D eigenvalue weighted by Gasteiger charge is -2.19. The zero-order valence-corrected chi connectivity index (χ0v) is 15.3. The second-order valence-electron chi connectivity index (χ2n) is 5.96. The smallest absolute Gasteiger partial charge is 0.334 e. The third kappa shape index (κ3) is 3.30. The van der Waals surface area contributed by atoms with E-state index in [-0.39, 0.29) is 13.1 Å². The molecule has 0 spiro atoms. The van der Waals surface area contributed by atoms with Crippen molar-refractivity contribution in [1.29, 1.82) is 0 Å². The van der Waals surface area contributed by atoms with Crippen LogP contribution in [0.15, 0.2) is 24.3 Å². The summed E-state index contributed by atoms with van der Waals surface area (Å²) in [6, 6.07) is 6.93. The zero-order chi connectivity index (χ0) is 18.8. The van der Waals surface area contributed by atoms with Gasteiger partial charge in [0.15, 0.2) is 0 Å². The predicted octanol–water partition coefficient (Wildman–Crippen LogP) is 1.46. The Labute approximate surface area is 154 Å². The summed E-state index contributed by atoms with van der Waals surface area (Å²) in [6.45, 7) is 1.77. The summed E-state index contributed by atoms with van der Waals surface area (Å²) in [6.07, 6.45) is 0.546. The number of rotatable bonds is 6. The molecule has 2 aromatic rings. The molecule has 1 aliphatic rings. The lowest BCUT2D eigenvalue weighted by Crippen LogP contribution is -2.42. The number of nitrogens with zero attached hydrogens (tertiary/aromatic N) is 4. The van der Waals surface area contributed by atoms with Gasteiger partial charge in [-0.1, -0.05) is 19.1 Å². The normalized spacial score (nSPS) is 14.6. The van der Waals surface area contributed by atoms with Crippen molar-refractivity contribution >= 4 is 45.3 Å². The van der Waals surface area contributed by atoms with Gasteiger partial charge in [-0.25, -0.2) is 14.7 Å². The number of benzene rings is 1. The Morgan fingerprint density at radius 3 is 2.54 bits per heavy atom. The largest absolute Gasteiger partial charge is 0.337 e. The molecule has 136 valence electrons. The highest BCUT2D eigenvalue weighted by molar-refractivity contribution is 7.18. The van der Waals surface area contributed by atoms with E-state index in [0.717, 1.165) is 20.1 Å². The second kappa shape index (κ2) is 7.20. The first-order valence-corrected chi connectivity index (χ1v) is 8.99. The first-order chi connectivity index (χ1) is 12.4. The minimum atomic E-state index is -0.954. The highest BCUT2D eigenvalue weighted by Gasteiger charge is 2.44. The van der Waals surface area contributed by atoms with Crippen LogP contribution in [0, 0.1) is 0 Å². The number of amides is 5. The van der Waals surface area contributed by atoms with Gasteiger partial charge in [-0.15, -0.1) is 11.3 Å². The Morgan fingerprint density at radius 2 is 1.85 bits per heavy atom. The Kier molecular flexibility index (Phi) is 4.99. The number of fused-ring (bicyclic) bond motifs is 1. The highest BCUT2D eigenvalue weighted by atomic mass is 32.1. The van der Waals surface area contributed by atoms with E-state index >= 15 is 0 Å². The summed E-state index contributed by atoms with van der Waals surface area (Å²) in [7, 11) is 1.57. The standard InChI is InChI=1S/C17H18N4O4S/c1-3-8-20-15(23)16(24)21(17(20)25)10-14(22)19(2)9-13-18-11-6-4-5-7-12(11)26-13/h4-7H,3,8-10H2,1-2H3. The van der Waals surface area contributed by atoms with Crippen LogP contribution in [0.25, 0.3) is 10.2 Å². The lowest BCUT2D eigenvalue weighted by atomic mass is 10.3. The van der Waals surface area contributed by atoms with Gasteiger partial charge in [0.05, 0.1) is 16.8 Å². The van der Waals surface area contributed by atoms with Gasteiger partial charge < -0.3 is 4.90 Å². The van der Waals surface area contributed by atoms with Crippen molar-refractivity contribution in [2.24, 2.45) is 0 Å². The number of carbonyl (C=O) groups excluding carboxylic acids is 4. The fraction of sp³-hybridized carbons (Fsp3) is 0.353. The maximum absolute atomic E-state index is 12.4. The average molecular weight is 374 g/mol. The summed E-state index contributed by atoms with van der Waals surface area (Å²) >= 11 is 1.48. The molecular formula is C17H18N4O4S. The van der Waals surface area contributed by atoms with Gasteiger partial charge in [-0.05, 0) is 18.6 Å². The molecule has 3 rings (SSSR count). The van der Waals surface area contributed by atoms with E-state index in [1.165, 1.54) is 16.2 Å². The van der Waals surface area contributed by atoms with Crippen LogP contribution in [0.4, 0.5) is 4.79 Å². The Hall–Kier alpha value is -2.81. The number of imide groups is 2. The van der Waals surface area contributed by atoms with Gasteiger partial charge in [0, 0.05) is 13.6 Å². The van der Waals surface area contributed by atoms with Crippen molar-refractivity contribution in [3.05, 3.63) is 29.3 Å². The number of hydrogen-bond acceptors (Lipinski definition) is 6. The van der Waals surface area contributed by atoms with Crippen LogP contribution in [0.1, 0.15) is 18.4 Å². The van der Waals surface area contributed by atoms with Crippen LogP contribution in [0.5, 0.6) is 0 Å². The Bertz CT molecular complexity index is 861. The fourth-order valence-electron chi connectivity index (χ4n) is 2.65. The van der Waals surface area contributed by atoms with Gasteiger partial charge in [0.1, 0.15) is 11.6 Å². The number of para-hydroxylation sites is 1. The summed E-state index contributed by atoms with van der Waals surface area (Å²) in [5.41, 5.74) is 0.860. The molecule has 2 heterocycles. The number of aromatic nitrogens is 1. The summed E-state index contributed by atoms with van der Waals surface area (Å²) < 4.78 is 1.02. The van der Waals surface area contributed by atoms with Crippen LogP contribution >= 0.6 is 11.3 Å². The summed E-state index contributed by atoms with van der Waals surface area (Å²) in [5, 5.41) is 0.754. The predicted molar refractivity (Wildman–Crippen MR) is 95.2 cm³/mol. The Balaban J connectivity index is 1.66. The lowest BCUT2D eigenvalue weighted by molar-refractivity contribution is -0.144. The third-order valence-corrected chi connectivity index (χ3v) is 5.03. The first kappa shape index (κ1) is 18.0. The van der Waals surface area contributed by atoms with E-state index in [9.17, 15) is 19.2 Å². The van der Waals surface area contributed by atoms with Crippen LogP contribution in [-0.4, -0.2) is 63.6 Å². The molecule has 0 saturated carbocycles. The van der Waals surface area contributed by atoms with Gasteiger partial charge >= 0.3 is 17.8 Å². The second-order valence-corrected chi connectivity index (χ2v) is 7.07. The minimum absolute atomic E-state index is 0.162. The number of thiazole rings is 1. The number of likely N-dealkylation sites (N-methyl/N-ethyl adjacent to an activating group) is 1. The zero-order valence-electron chi connectivity index (χ0n) is 14.5. The highest BCUT2D eigenvalue weighted by Crippen LogP contribution is 2.22. The molecule has 1 fully saturated rings. The molecule has 1 aromatic heterocycles. The van der Waals surface area contributed by atoms with Crippen molar-refractivity contribution in [3.63, 3.8) is 0 Å². The van der Waals surface area contributed by atoms with Gasteiger partial charge in [-0.2, -0.15) is 0 Å². The molecule has 0 bridgehead atoms. The molecule has 1 aliphatic heterocycles. The molecule has 9 heteroatoms. The minimum Gasteiger partial charge on any atom is -0.337 e. The van der Waals surface area contributed by atoms with Gasteiger partial charge in [-0.3, -0.25) is 19.3 Å². The molecule has 1 saturated heterocycles. The quantitative estimate of drug-likeness (QED) is 0.564. The van der Waals surface area contributed by atoms with Gasteiger partial charge in [0.2, 0.25) is 5.91 Å². The van der Waals surface area contributed by atoms with E-state index in [0.29, 0.717) is 11.3 Å². The average Bonchev–Trinajstić information content (AvgIpc) is 3.11. The van der Waals surface area contributed by atoms with Crippen molar-refractivity contribution in [3.8, 4) is 0 Å². The fourth-order valence-corrected chi connectivity index (χ4v) is 3.67. The van der Waals surface area contributed by atoms with Gasteiger partial charge in [0.25, 0.3) is 0 Å². The third-order valence-electron chi connectivity index (χ3n) is 4.01. The number of carbonyl (C=O) groups is 4. The Morgan fingerprint density at radius 1 is 1.15 bits per heavy atom. The molecule has 0 unspecified atom stereocenters. The van der Waals surface area contributed by atoms with Crippen molar-refractivity contribution in [2.75, 3.05) is 20.1 Å². The first-order valence-electron chi connectivity index (χ1n) is 8.18. The van der Waals surface area contributed by atoms with Crippen molar-refractivity contribution in [1.82, 2.24) is 19.7 Å². The van der Waals surface area contributed by atoms with E-state index in [4.69, 9.17) is 0 Å². The molecule has 5 amide bonds. The van der Waals surface area contributed by atoms with E-state index < -0.39 is 30.3 Å². The molecular weight excluding hydrogens is 356 g/mol. The van der Waals surface area contributed by atoms with Crippen LogP contribution in [0.2, 0.25) is 0 Å².